The number of esters is 1. The zero-order valence-electron chi connectivity index (χ0n) is 14.0. The Kier molecular flexibility index (Phi) is 4.60. The van der Waals surface area contributed by atoms with Gasteiger partial charge in [0.15, 0.2) is 5.78 Å². The van der Waals surface area contributed by atoms with E-state index < -0.39 is 12.1 Å². The van der Waals surface area contributed by atoms with Crippen LogP contribution >= 0.6 is 15.9 Å². The van der Waals surface area contributed by atoms with E-state index in [1.54, 1.807) is 12.1 Å². The fourth-order valence-corrected chi connectivity index (χ4v) is 3.75. The number of halogens is 1. The van der Waals surface area contributed by atoms with E-state index >= 15 is 0 Å². The van der Waals surface area contributed by atoms with E-state index in [-0.39, 0.29) is 23.5 Å². The van der Waals surface area contributed by atoms with Crippen LogP contribution in [0, 0.1) is 0 Å². The molecular weight excluding hydrogens is 392 g/mol. The average molecular weight is 409 g/mol. The lowest BCUT2D eigenvalue weighted by Crippen LogP contribution is -2.19. The van der Waals surface area contributed by atoms with Crippen molar-refractivity contribution in [3.05, 3.63) is 27.7 Å². The number of rotatable bonds is 4. The van der Waals surface area contributed by atoms with Crippen LogP contribution in [0.1, 0.15) is 29.3 Å². The van der Waals surface area contributed by atoms with Crippen LogP contribution in [-0.4, -0.2) is 37.2 Å². The number of hydrogen-bond acceptors (Lipinski definition) is 6. The number of fused-ring (bicyclic) bond motifs is 3. The van der Waals surface area contributed by atoms with Crippen molar-refractivity contribution in [1.29, 1.82) is 0 Å². The zero-order chi connectivity index (χ0) is 18.3. The molecule has 2 aromatic carbocycles. The number of carbonyl (C=O) groups excluding carboxylic acids is 2. The van der Waals surface area contributed by atoms with E-state index in [2.05, 4.69) is 15.9 Å². The minimum atomic E-state index is -0.444. The van der Waals surface area contributed by atoms with Crippen LogP contribution in [0.25, 0.3) is 10.8 Å². The summed E-state index contributed by atoms with van der Waals surface area (Å²) in [4.78, 5) is 23.7. The highest BCUT2D eigenvalue weighted by Gasteiger charge is 2.34. The molecule has 6 nitrogen and oxygen atoms in total. The Balaban J connectivity index is 2.26. The maximum Gasteiger partial charge on any atom is 0.309 e. The molecule has 1 unspecified atom stereocenters. The SMILES string of the molecule is COC(=O)CC1Cc2c(C(C)=O)c(O)c3c(OC)c(Br)ccc3c2O1. The van der Waals surface area contributed by atoms with Crippen molar-refractivity contribution >= 4 is 38.5 Å². The molecule has 0 fully saturated rings. The molecule has 3 rings (SSSR count). The number of benzene rings is 2. The van der Waals surface area contributed by atoms with Gasteiger partial charge in [-0.25, -0.2) is 0 Å². The molecule has 1 atom stereocenters. The second-order valence-corrected chi connectivity index (χ2v) is 6.67. The first-order chi connectivity index (χ1) is 11.9. The summed E-state index contributed by atoms with van der Waals surface area (Å²) in [5.74, 6) is 0.107. The van der Waals surface area contributed by atoms with Gasteiger partial charge in [0.05, 0.1) is 36.1 Å². The first-order valence-electron chi connectivity index (χ1n) is 7.67. The van der Waals surface area contributed by atoms with Gasteiger partial charge in [0.2, 0.25) is 0 Å². The molecule has 7 heteroatoms. The third-order valence-corrected chi connectivity index (χ3v) is 4.92. The van der Waals surface area contributed by atoms with Gasteiger partial charge in [-0.3, -0.25) is 9.59 Å². The van der Waals surface area contributed by atoms with E-state index in [9.17, 15) is 14.7 Å². The molecule has 0 spiro atoms. The largest absolute Gasteiger partial charge is 0.506 e. The molecule has 1 aliphatic rings. The number of carbonyl (C=O) groups is 2. The molecular formula is C18H17BrO6. The Morgan fingerprint density at radius 3 is 2.68 bits per heavy atom. The summed E-state index contributed by atoms with van der Waals surface area (Å²) in [5.41, 5.74) is 0.807. The number of phenols is 1. The standard InChI is InChI=1S/C18H17BrO6/c1-8(20)14-11-6-9(7-13(21)23-2)25-17(11)10-4-5-12(19)18(24-3)15(10)16(14)22/h4-5,9,22H,6-7H2,1-3H3. The molecule has 2 aromatic rings. The van der Waals surface area contributed by atoms with Crippen molar-refractivity contribution in [1.82, 2.24) is 0 Å². The molecule has 0 saturated heterocycles. The minimum absolute atomic E-state index is 0.0679. The van der Waals surface area contributed by atoms with Gasteiger partial charge in [-0.2, -0.15) is 0 Å². The number of phenolic OH excluding ortho intramolecular Hbond substituents is 1. The molecule has 25 heavy (non-hydrogen) atoms. The van der Waals surface area contributed by atoms with E-state index in [1.807, 2.05) is 0 Å². The van der Waals surface area contributed by atoms with Crippen molar-refractivity contribution in [2.45, 2.75) is 25.9 Å². The second kappa shape index (κ2) is 6.55. The number of Topliss-reactive ketones (excluding diaryl/α,β-unsaturated/α-hetero) is 1. The van der Waals surface area contributed by atoms with E-state index in [1.165, 1.54) is 21.1 Å². The molecule has 0 amide bonds. The zero-order valence-corrected chi connectivity index (χ0v) is 15.6. The lowest BCUT2D eigenvalue weighted by atomic mass is 9.93. The maximum absolute atomic E-state index is 12.2. The first-order valence-corrected chi connectivity index (χ1v) is 8.46. The van der Waals surface area contributed by atoms with Crippen LogP contribution in [0.2, 0.25) is 0 Å². The van der Waals surface area contributed by atoms with Gasteiger partial charge in [0, 0.05) is 17.4 Å². The summed E-state index contributed by atoms with van der Waals surface area (Å²) in [5, 5.41) is 11.8. The minimum Gasteiger partial charge on any atom is -0.506 e. The molecule has 132 valence electrons. The lowest BCUT2D eigenvalue weighted by Gasteiger charge is -2.15. The van der Waals surface area contributed by atoms with Gasteiger partial charge in [0.25, 0.3) is 0 Å². The number of hydrogen-bond donors (Lipinski definition) is 1. The van der Waals surface area contributed by atoms with Crippen molar-refractivity contribution in [3.8, 4) is 17.2 Å². The molecule has 0 saturated carbocycles. The Bertz CT molecular complexity index is 889. The number of ether oxygens (including phenoxy) is 3. The predicted octanol–water partition coefficient (Wildman–Crippen LogP) is 3.39. The summed E-state index contributed by atoms with van der Waals surface area (Å²) in [6.07, 6.45) is -0.0279. The van der Waals surface area contributed by atoms with E-state index in [0.29, 0.717) is 38.7 Å². The van der Waals surface area contributed by atoms with Gasteiger partial charge in [0.1, 0.15) is 23.4 Å². The summed E-state index contributed by atoms with van der Waals surface area (Å²) >= 11 is 3.38. The van der Waals surface area contributed by atoms with Crippen LogP contribution in [0.3, 0.4) is 0 Å². The fourth-order valence-electron chi connectivity index (χ4n) is 3.25. The smallest absolute Gasteiger partial charge is 0.309 e. The second-order valence-electron chi connectivity index (χ2n) is 5.81. The Hall–Kier alpha value is -2.28. The monoisotopic (exact) mass is 408 g/mol. The average Bonchev–Trinajstić information content (AvgIpc) is 2.97. The van der Waals surface area contributed by atoms with Crippen molar-refractivity contribution in [2.75, 3.05) is 14.2 Å². The quantitative estimate of drug-likeness (QED) is 0.616. The molecule has 0 bridgehead atoms. The lowest BCUT2D eigenvalue weighted by molar-refractivity contribution is -0.142. The van der Waals surface area contributed by atoms with Crippen LogP contribution < -0.4 is 9.47 Å². The maximum atomic E-state index is 12.2. The highest BCUT2D eigenvalue weighted by atomic mass is 79.9. The van der Waals surface area contributed by atoms with Gasteiger partial charge in [-0.05, 0) is 35.0 Å². The fraction of sp³-hybridized carbons (Fsp3) is 0.333. The molecule has 0 radical (unpaired) electrons. The third-order valence-electron chi connectivity index (χ3n) is 4.30. The van der Waals surface area contributed by atoms with Crippen LogP contribution in [0.15, 0.2) is 16.6 Å². The van der Waals surface area contributed by atoms with Crippen LogP contribution in [0.4, 0.5) is 0 Å². The Morgan fingerprint density at radius 2 is 2.08 bits per heavy atom. The van der Waals surface area contributed by atoms with Gasteiger partial charge in [-0.1, -0.05) is 0 Å². The van der Waals surface area contributed by atoms with Gasteiger partial charge < -0.3 is 19.3 Å². The molecule has 1 heterocycles. The van der Waals surface area contributed by atoms with Crippen molar-refractivity contribution in [3.63, 3.8) is 0 Å². The summed E-state index contributed by atoms with van der Waals surface area (Å²) in [6, 6.07) is 3.57. The van der Waals surface area contributed by atoms with E-state index in [0.717, 1.165) is 0 Å². The molecule has 1 N–H and O–H groups in total. The van der Waals surface area contributed by atoms with Crippen LogP contribution in [-0.2, 0) is 16.0 Å². The predicted molar refractivity (Wildman–Crippen MR) is 94.6 cm³/mol. The highest BCUT2D eigenvalue weighted by Crippen LogP contribution is 2.49. The van der Waals surface area contributed by atoms with E-state index in [4.69, 9.17) is 14.2 Å². The summed E-state index contributed by atoms with van der Waals surface area (Å²) in [7, 11) is 2.80. The topological polar surface area (TPSA) is 82.1 Å². The van der Waals surface area contributed by atoms with Crippen molar-refractivity contribution < 1.29 is 28.9 Å². The highest BCUT2D eigenvalue weighted by molar-refractivity contribution is 9.10. The number of ketones is 1. The number of methoxy groups -OCH3 is 2. The normalized spacial score (nSPS) is 15.6. The summed E-state index contributed by atoms with van der Waals surface area (Å²) in [6.45, 7) is 1.39. The first kappa shape index (κ1) is 17.5. The van der Waals surface area contributed by atoms with Crippen molar-refractivity contribution in [2.24, 2.45) is 0 Å². The molecule has 1 aliphatic heterocycles. The summed E-state index contributed by atoms with van der Waals surface area (Å²) < 4.78 is 16.7. The number of aromatic hydroxyl groups is 1. The Labute approximate surface area is 152 Å². The molecule has 0 aliphatic carbocycles. The van der Waals surface area contributed by atoms with Crippen LogP contribution in [0.5, 0.6) is 17.2 Å². The Morgan fingerprint density at radius 1 is 1.36 bits per heavy atom. The van der Waals surface area contributed by atoms with Gasteiger partial charge in [-0.15, -0.1) is 0 Å². The molecule has 0 aromatic heterocycles. The third kappa shape index (κ3) is 2.82. The van der Waals surface area contributed by atoms with Gasteiger partial charge >= 0.3 is 5.97 Å².